The molecule has 3 aromatic heterocycles. The summed E-state index contributed by atoms with van der Waals surface area (Å²) in [6, 6.07) is 0. The van der Waals surface area contributed by atoms with Crippen LogP contribution in [-0.4, -0.2) is 104 Å². The number of rotatable bonds is 5. The van der Waals surface area contributed by atoms with E-state index in [1.54, 1.807) is 6.20 Å². The van der Waals surface area contributed by atoms with Gasteiger partial charge in [0.2, 0.25) is 0 Å². The monoisotopic (exact) mass is 642 g/mol. The van der Waals surface area contributed by atoms with Gasteiger partial charge in [-0.1, -0.05) is 11.6 Å². The molecule has 0 atom stereocenters. The topological polar surface area (TPSA) is 235 Å². The van der Waals surface area contributed by atoms with Crippen molar-refractivity contribution in [3.8, 4) is 0 Å². The van der Waals surface area contributed by atoms with Gasteiger partial charge in [-0.25, -0.2) is 44.3 Å². The molecule has 2 aliphatic rings. The Morgan fingerprint density at radius 1 is 0.644 bits per heavy atom. The Bertz CT molecular complexity index is 1300. The fraction of sp³-hybridized carbons (Fsp3) is 0.444. The number of esters is 2. The molecule has 2 aliphatic heterocycles. The third kappa shape index (κ3) is 13.3. The number of anilines is 2. The van der Waals surface area contributed by atoms with E-state index in [4.69, 9.17) is 16.7 Å². The molecule has 18 heteroatoms. The molecule has 0 radical (unpaired) electrons. The summed E-state index contributed by atoms with van der Waals surface area (Å²) in [6.07, 6.45) is 15.8. The Labute approximate surface area is 277 Å². The van der Waals surface area contributed by atoms with E-state index in [2.05, 4.69) is 49.2 Å². The van der Waals surface area contributed by atoms with Gasteiger partial charge in [0.25, 0.3) is 0 Å². The number of aromatic carboxylic acids is 1. The van der Waals surface area contributed by atoms with Gasteiger partial charge in [0, 0.05) is 26.2 Å². The van der Waals surface area contributed by atoms with E-state index in [1.165, 1.54) is 83.7 Å². The number of hydrogen-bond donors (Lipinski definition) is 1. The minimum absolute atomic E-state index is 0. The molecule has 0 aromatic carbocycles. The number of aromatic nitrogens is 6. The van der Waals surface area contributed by atoms with Gasteiger partial charge in [-0.3, -0.25) is 0 Å². The van der Waals surface area contributed by atoms with Crippen molar-refractivity contribution in [3.05, 3.63) is 59.4 Å². The standard InChI is InChI=1S/C11H15N3O2.C10H13N3O2.C6H5ClN2O2.Li.2H2O/c1-16-11(15)9-7-13-10(8-12-9)14-5-3-2-4-6-14;14-10(15)8-6-12-9(7-11-8)13-4-2-1-3-5-13;1-11-6(10)4-2-9-5(7)3-8-4;;;/h7-8H,2-6H2,1H3;6-7H,1-5H2,(H,14,15);2-3H,1H3;;2*1H2/q;;;+1;;/p-1. The molecule has 0 amide bonds. The van der Waals surface area contributed by atoms with Crippen LogP contribution in [0.5, 0.6) is 0 Å². The molecule has 16 nitrogen and oxygen atoms in total. The van der Waals surface area contributed by atoms with Crippen LogP contribution in [0.3, 0.4) is 0 Å². The summed E-state index contributed by atoms with van der Waals surface area (Å²) in [5.74, 6) is -0.383. The van der Waals surface area contributed by atoms with Gasteiger partial charge in [-0.2, -0.15) is 0 Å². The van der Waals surface area contributed by atoms with Crippen LogP contribution in [0.4, 0.5) is 11.6 Å². The number of carboxylic acids is 1. The van der Waals surface area contributed by atoms with Crippen molar-refractivity contribution in [3.63, 3.8) is 0 Å². The van der Waals surface area contributed by atoms with Crippen molar-refractivity contribution >= 4 is 41.1 Å². The van der Waals surface area contributed by atoms with Crippen LogP contribution in [0.25, 0.3) is 0 Å². The maximum Gasteiger partial charge on any atom is 1.00 e. The summed E-state index contributed by atoms with van der Waals surface area (Å²) < 4.78 is 8.96. The van der Waals surface area contributed by atoms with E-state index in [1.807, 2.05) is 0 Å². The van der Waals surface area contributed by atoms with E-state index < -0.39 is 17.9 Å². The van der Waals surface area contributed by atoms with Crippen molar-refractivity contribution in [1.29, 1.82) is 0 Å². The zero-order chi connectivity index (χ0) is 30.3. The van der Waals surface area contributed by atoms with E-state index >= 15 is 0 Å². The van der Waals surface area contributed by atoms with Crippen LogP contribution < -0.4 is 28.7 Å². The number of nitrogens with zero attached hydrogens (tertiary/aromatic N) is 8. The van der Waals surface area contributed by atoms with Crippen LogP contribution in [0.1, 0.15) is 70.0 Å². The Hall–Kier alpha value is -3.94. The number of halogens is 1. The SMILES string of the molecule is COC(=O)c1cnc(Cl)cn1.COC(=O)c1cnc(N2CCCCC2)cn1.O.O=C(O)c1cnc(N2CCCCC2)cn1.[Li+].[OH-]. The van der Waals surface area contributed by atoms with Crippen molar-refractivity contribution in [2.24, 2.45) is 0 Å². The fourth-order valence-electron chi connectivity index (χ4n) is 4.06. The Kier molecular flexibility index (Phi) is 19.8. The molecule has 0 unspecified atom stereocenters. The number of carboxylic acid groups (broad SMARTS) is 1. The van der Waals surface area contributed by atoms with Gasteiger partial charge < -0.3 is 35.3 Å². The van der Waals surface area contributed by atoms with E-state index in [-0.39, 0.29) is 52.0 Å². The molecule has 2 fully saturated rings. The molecule has 0 aliphatic carbocycles. The molecule has 45 heavy (non-hydrogen) atoms. The Balaban J connectivity index is 0.000000635. The van der Waals surface area contributed by atoms with Crippen LogP contribution in [0, 0.1) is 0 Å². The molecule has 5 heterocycles. The van der Waals surface area contributed by atoms with Crippen LogP contribution in [0.15, 0.2) is 37.2 Å². The number of hydrogen-bond acceptors (Lipinski definition) is 14. The minimum atomic E-state index is -1.03. The second-order valence-corrected chi connectivity index (χ2v) is 9.52. The predicted octanol–water partition coefficient (Wildman–Crippen LogP) is -0.662. The second-order valence-electron chi connectivity index (χ2n) is 9.13. The molecule has 4 N–H and O–H groups in total. The summed E-state index contributed by atoms with van der Waals surface area (Å²) in [6.45, 7) is 4.01. The first-order valence-corrected chi connectivity index (χ1v) is 13.7. The first-order valence-electron chi connectivity index (χ1n) is 13.3. The first-order chi connectivity index (χ1) is 20.3. The maximum atomic E-state index is 11.2. The molecule has 3 aromatic rings. The second kappa shape index (κ2) is 21.7. The first kappa shape index (κ1) is 41.1. The predicted molar refractivity (Wildman–Crippen MR) is 158 cm³/mol. The molecule has 0 saturated carbocycles. The van der Waals surface area contributed by atoms with Crippen molar-refractivity contribution < 1.29 is 58.8 Å². The normalized spacial score (nSPS) is 13.4. The van der Waals surface area contributed by atoms with Gasteiger partial charge in [0.15, 0.2) is 17.1 Å². The van der Waals surface area contributed by atoms with Gasteiger partial charge in [-0.15, -0.1) is 0 Å². The zero-order valence-electron chi connectivity index (χ0n) is 25.4. The molecule has 2 saturated heterocycles. The molecule has 0 spiro atoms. The Morgan fingerprint density at radius 3 is 1.33 bits per heavy atom. The Morgan fingerprint density at radius 2 is 1.02 bits per heavy atom. The average Bonchev–Trinajstić information content (AvgIpc) is 3.06. The quantitative estimate of drug-likeness (QED) is 0.268. The van der Waals surface area contributed by atoms with Crippen molar-refractivity contribution in [2.75, 3.05) is 50.2 Å². The van der Waals surface area contributed by atoms with Gasteiger partial charge in [0.1, 0.15) is 16.8 Å². The summed E-state index contributed by atoms with van der Waals surface area (Å²) in [5.41, 5.74) is 0.399. The van der Waals surface area contributed by atoms with E-state index in [0.29, 0.717) is 0 Å². The zero-order valence-corrected chi connectivity index (χ0v) is 26.2. The summed E-state index contributed by atoms with van der Waals surface area (Å²) in [5, 5.41) is 8.92. The van der Waals surface area contributed by atoms with Crippen LogP contribution >= 0.6 is 11.6 Å². The molecule has 0 bridgehead atoms. The largest absolute Gasteiger partial charge is 1.00 e. The summed E-state index contributed by atoms with van der Waals surface area (Å²) in [4.78, 5) is 60.4. The van der Waals surface area contributed by atoms with Gasteiger partial charge in [0.05, 0.1) is 51.4 Å². The maximum absolute atomic E-state index is 11.2. The summed E-state index contributed by atoms with van der Waals surface area (Å²) >= 11 is 5.43. The molecular formula is C27H36ClLiN8O8. The number of piperidine rings is 2. The van der Waals surface area contributed by atoms with Crippen LogP contribution in [-0.2, 0) is 9.47 Å². The fourth-order valence-corrected chi connectivity index (χ4v) is 4.16. The smallest absolute Gasteiger partial charge is 0.870 e. The molecule has 240 valence electrons. The van der Waals surface area contributed by atoms with Crippen molar-refractivity contribution in [1.82, 2.24) is 29.9 Å². The van der Waals surface area contributed by atoms with Crippen molar-refractivity contribution in [2.45, 2.75) is 38.5 Å². The number of ether oxygens (including phenoxy) is 2. The number of methoxy groups -OCH3 is 2. The van der Waals surface area contributed by atoms with E-state index in [9.17, 15) is 14.4 Å². The number of carbonyl (C=O) groups is 3. The third-order valence-electron chi connectivity index (χ3n) is 6.27. The summed E-state index contributed by atoms with van der Waals surface area (Å²) in [7, 11) is 2.61. The van der Waals surface area contributed by atoms with Gasteiger partial charge >= 0.3 is 36.8 Å². The average molecular weight is 643 g/mol. The van der Waals surface area contributed by atoms with E-state index in [0.717, 1.165) is 37.8 Å². The number of carbonyl (C=O) groups excluding carboxylic acids is 2. The minimum Gasteiger partial charge on any atom is -0.870 e. The molecular weight excluding hydrogens is 607 g/mol. The molecule has 5 rings (SSSR count). The third-order valence-corrected chi connectivity index (χ3v) is 6.46. The van der Waals surface area contributed by atoms with Crippen LogP contribution in [0.2, 0.25) is 5.15 Å². The van der Waals surface area contributed by atoms with Gasteiger partial charge in [-0.05, 0) is 38.5 Å².